The fraction of sp³-hybridized carbons (Fsp3) is 0.857. The summed E-state index contributed by atoms with van der Waals surface area (Å²) in [5.41, 5.74) is 2.21. The first-order chi connectivity index (χ1) is 6.62. The van der Waals surface area contributed by atoms with E-state index in [2.05, 4.69) is 27.4 Å². The number of hydrogen-bond donors (Lipinski definition) is 0. The number of hydrogen-bond acceptors (Lipinski definition) is 0. The van der Waals surface area contributed by atoms with E-state index >= 15 is 0 Å². The van der Waals surface area contributed by atoms with Crippen LogP contribution in [0.25, 0.3) is 0 Å². The van der Waals surface area contributed by atoms with Crippen LogP contribution in [-0.4, -0.2) is 0 Å². The smallest absolute Gasteiger partial charge is 0.00508 e. The van der Waals surface area contributed by atoms with Crippen molar-refractivity contribution >= 4 is 0 Å². The average Bonchev–Trinajstić information content (AvgIpc) is 2.20. The first-order valence-electron chi connectivity index (χ1n) is 6.31. The average molecular weight is 192 g/mol. The molecule has 0 aromatic carbocycles. The highest BCUT2D eigenvalue weighted by atomic mass is 14.7. The minimum atomic E-state index is 0.623. The van der Waals surface area contributed by atoms with Crippen LogP contribution in [0.1, 0.15) is 52.9 Å². The van der Waals surface area contributed by atoms with E-state index in [9.17, 15) is 0 Å². The maximum atomic E-state index is 4.23. The third-order valence-electron chi connectivity index (χ3n) is 5.16. The molecule has 14 heavy (non-hydrogen) atoms. The molecule has 3 aliphatic carbocycles. The molecule has 2 bridgehead atoms. The van der Waals surface area contributed by atoms with E-state index in [0.29, 0.717) is 5.41 Å². The van der Waals surface area contributed by atoms with Gasteiger partial charge in [-0.25, -0.2) is 0 Å². The largest absolute Gasteiger partial charge is 0.0990 e. The minimum Gasteiger partial charge on any atom is -0.0990 e. The van der Waals surface area contributed by atoms with Gasteiger partial charge >= 0.3 is 0 Å². The first kappa shape index (κ1) is 10.3. The molecule has 3 rings (SSSR count). The van der Waals surface area contributed by atoms with E-state index in [-0.39, 0.29) is 0 Å². The monoisotopic (exact) mass is 192 g/mol. The molecule has 0 spiro atoms. The van der Waals surface area contributed by atoms with Gasteiger partial charge in [-0.05, 0) is 36.0 Å². The van der Waals surface area contributed by atoms with Gasteiger partial charge in [-0.15, -0.1) is 0 Å². The van der Waals surface area contributed by atoms with E-state index in [1.54, 1.807) is 5.57 Å². The molecule has 0 nitrogen and oxygen atoms in total. The second-order valence-electron chi connectivity index (χ2n) is 5.69. The Morgan fingerprint density at radius 3 is 2.71 bits per heavy atom. The summed E-state index contributed by atoms with van der Waals surface area (Å²) in [6.07, 6.45) is 7.07. The van der Waals surface area contributed by atoms with Gasteiger partial charge in [0.2, 0.25) is 0 Å². The highest BCUT2D eigenvalue weighted by Crippen LogP contribution is 2.73. The number of rotatable bonds is 5. The molecule has 3 fully saturated rings. The lowest BCUT2D eigenvalue weighted by atomic mass is 9.34. The van der Waals surface area contributed by atoms with E-state index in [1.165, 1.54) is 32.1 Å². The van der Waals surface area contributed by atoms with Crippen LogP contribution in [0, 0.1) is 23.2 Å². The second-order valence-corrected chi connectivity index (χ2v) is 5.69. The van der Waals surface area contributed by atoms with Crippen molar-refractivity contribution in [3.8, 4) is 0 Å². The maximum absolute atomic E-state index is 4.23. The number of allylic oxidation sites excluding steroid dienone is 1. The highest BCUT2D eigenvalue weighted by molar-refractivity contribution is 5.38. The summed E-state index contributed by atoms with van der Waals surface area (Å²) in [5, 5.41) is 0. The fourth-order valence-corrected chi connectivity index (χ4v) is 3.43. The highest BCUT2D eigenvalue weighted by Gasteiger charge is 2.65. The van der Waals surface area contributed by atoms with Gasteiger partial charge in [-0.3, -0.25) is 0 Å². The van der Waals surface area contributed by atoms with Crippen LogP contribution >= 0.6 is 0 Å². The van der Waals surface area contributed by atoms with Crippen LogP contribution in [0.15, 0.2) is 12.2 Å². The summed E-state index contributed by atoms with van der Waals surface area (Å²) in [6, 6.07) is 0. The lowest BCUT2D eigenvalue weighted by Gasteiger charge is -2.70. The van der Waals surface area contributed by atoms with Gasteiger partial charge < -0.3 is 0 Å². The predicted octanol–water partition coefficient (Wildman–Crippen LogP) is 4.42. The summed E-state index contributed by atoms with van der Waals surface area (Å²) >= 11 is 0. The minimum absolute atomic E-state index is 0.623. The Hall–Kier alpha value is -0.260. The molecule has 0 saturated heterocycles. The molecule has 3 saturated carbocycles. The zero-order valence-corrected chi connectivity index (χ0v) is 9.97. The Bertz CT molecular complexity index is 240. The van der Waals surface area contributed by atoms with Gasteiger partial charge in [0.25, 0.3) is 0 Å². The Labute approximate surface area is 88.8 Å². The molecule has 3 aliphatic rings. The topological polar surface area (TPSA) is 0 Å². The SMILES string of the molecule is C=C1C2CC1(CCCC(C)CC)C2C. The quantitative estimate of drug-likeness (QED) is 0.566. The van der Waals surface area contributed by atoms with Crippen LogP contribution in [0.3, 0.4) is 0 Å². The van der Waals surface area contributed by atoms with Crippen LogP contribution in [0.2, 0.25) is 0 Å². The van der Waals surface area contributed by atoms with E-state index < -0.39 is 0 Å². The molecule has 0 heteroatoms. The predicted molar refractivity (Wildman–Crippen MR) is 62.2 cm³/mol. The molecule has 4 atom stereocenters. The molecular weight excluding hydrogens is 168 g/mol. The van der Waals surface area contributed by atoms with E-state index in [0.717, 1.165) is 17.8 Å². The van der Waals surface area contributed by atoms with Gasteiger partial charge in [0, 0.05) is 0 Å². The van der Waals surface area contributed by atoms with Gasteiger partial charge in [0.15, 0.2) is 0 Å². The van der Waals surface area contributed by atoms with Gasteiger partial charge in [0.05, 0.1) is 0 Å². The third kappa shape index (κ3) is 1.19. The molecule has 0 amide bonds. The van der Waals surface area contributed by atoms with Crippen molar-refractivity contribution in [3.05, 3.63) is 12.2 Å². The van der Waals surface area contributed by atoms with Crippen LogP contribution in [0.5, 0.6) is 0 Å². The summed E-state index contributed by atoms with van der Waals surface area (Å²) in [6.45, 7) is 11.3. The fourth-order valence-electron chi connectivity index (χ4n) is 3.43. The van der Waals surface area contributed by atoms with Crippen molar-refractivity contribution in [1.82, 2.24) is 0 Å². The zero-order valence-electron chi connectivity index (χ0n) is 9.97. The Kier molecular flexibility index (Phi) is 2.49. The molecule has 80 valence electrons. The lowest BCUT2D eigenvalue weighted by Crippen LogP contribution is -2.62. The Balaban J connectivity index is 1.74. The van der Waals surface area contributed by atoms with Crippen molar-refractivity contribution in [3.63, 3.8) is 0 Å². The third-order valence-corrected chi connectivity index (χ3v) is 5.16. The molecule has 0 aromatic rings. The zero-order chi connectivity index (χ0) is 10.3. The lowest BCUT2D eigenvalue weighted by molar-refractivity contribution is -0.0986. The molecular formula is C14H24. The van der Waals surface area contributed by atoms with Crippen molar-refractivity contribution < 1.29 is 0 Å². The summed E-state index contributed by atoms with van der Waals surface area (Å²) in [4.78, 5) is 0. The van der Waals surface area contributed by atoms with E-state index in [4.69, 9.17) is 0 Å². The van der Waals surface area contributed by atoms with Crippen LogP contribution in [-0.2, 0) is 0 Å². The molecule has 0 aromatic heterocycles. The van der Waals surface area contributed by atoms with Gasteiger partial charge in [0.1, 0.15) is 0 Å². The van der Waals surface area contributed by atoms with E-state index in [1.807, 2.05) is 0 Å². The van der Waals surface area contributed by atoms with Crippen LogP contribution < -0.4 is 0 Å². The van der Waals surface area contributed by atoms with Gasteiger partial charge in [-0.2, -0.15) is 0 Å². The molecule has 0 aliphatic heterocycles. The normalized spacial score (nSPS) is 41.5. The van der Waals surface area contributed by atoms with Crippen LogP contribution in [0.4, 0.5) is 0 Å². The summed E-state index contributed by atoms with van der Waals surface area (Å²) < 4.78 is 0. The second kappa shape index (κ2) is 3.40. The van der Waals surface area contributed by atoms with Crippen molar-refractivity contribution in [2.75, 3.05) is 0 Å². The summed E-state index contributed by atoms with van der Waals surface area (Å²) in [5.74, 6) is 2.80. The molecule has 4 unspecified atom stereocenters. The Morgan fingerprint density at radius 1 is 1.57 bits per heavy atom. The summed E-state index contributed by atoms with van der Waals surface area (Å²) in [7, 11) is 0. The first-order valence-corrected chi connectivity index (χ1v) is 6.31. The van der Waals surface area contributed by atoms with Crippen molar-refractivity contribution in [2.24, 2.45) is 23.2 Å². The molecule has 0 N–H and O–H groups in total. The van der Waals surface area contributed by atoms with Crippen molar-refractivity contribution in [2.45, 2.75) is 52.9 Å². The maximum Gasteiger partial charge on any atom is -0.00508 e. The molecule has 0 radical (unpaired) electrons. The molecule has 0 heterocycles. The standard InChI is InChI=1S/C14H24/c1-5-10(2)7-6-8-14-9-13(11(14)3)12(14)4/h10,12-13H,3,5-9H2,1-2,4H3. The Morgan fingerprint density at radius 2 is 2.29 bits per heavy atom. The van der Waals surface area contributed by atoms with Crippen molar-refractivity contribution in [1.29, 1.82) is 0 Å². The van der Waals surface area contributed by atoms with Gasteiger partial charge in [-0.1, -0.05) is 52.2 Å².